The predicted molar refractivity (Wildman–Crippen MR) is 50.2 cm³/mol. The highest BCUT2D eigenvalue weighted by Gasteiger charge is 2.17. The minimum Gasteiger partial charge on any atom is -0.353 e. The fourth-order valence-corrected chi connectivity index (χ4v) is 1.53. The maximum atomic E-state index is 5.73. The van der Waals surface area contributed by atoms with Gasteiger partial charge in [0.15, 0.2) is 6.23 Å². The molecule has 4 nitrogen and oxygen atoms in total. The highest BCUT2D eigenvalue weighted by molar-refractivity contribution is 5.64. The first-order valence-electron chi connectivity index (χ1n) is 4.67. The second kappa shape index (κ2) is 4.39. The smallest absolute Gasteiger partial charge is 0.164 e. The Morgan fingerprint density at radius 2 is 2.54 bits per heavy atom. The summed E-state index contributed by atoms with van der Waals surface area (Å²) in [7, 11) is 0. The number of ether oxygens (including phenoxy) is 1. The van der Waals surface area contributed by atoms with E-state index in [9.17, 15) is 0 Å². The summed E-state index contributed by atoms with van der Waals surface area (Å²) in [6.45, 7) is 2.05. The van der Waals surface area contributed by atoms with Gasteiger partial charge in [-0.15, -0.1) is 0 Å². The third kappa shape index (κ3) is 2.54. The molecule has 0 bridgehead atoms. The lowest BCUT2D eigenvalue weighted by molar-refractivity contribution is 0.00158. The summed E-state index contributed by atoms with van der Waals surface area (Å²) in [4.78, 5) is 3.95. The molecule has 71 valence electrons. The molecule has 0 amide bonds. The van der Waals surface area contributed by atoms with Gasteiger partial charge in [-0.05, 0) is 19.4 Å². The third-order valence-corrected chi connectivity index (χ3v) is 2.18. The molecular formula is C9H14N3O. The lowest BCUT2D eigenvalue weighted by atomic mass is 10.1. The van der Waals surface area contributed by atoms with Crippen molar-refractivity contribution >= 4 is 6.21 Å². The Hall–Kier alpha value is -0.870. The number of piperidine rings is 1. The minimum atomic E-state index is -0.102. The maximum absolute atomic E-state index is 5.73. The number of nitrogens with one attached hydrogen (secondary N) is 2. The van der Waals surface area contributed by atoms with Crippen molar-refractivity contribution in [2.45, 2.75) is 25.2 Å². The number of hydrogen-bond acceptors (Lipinski definition) is 4. The number of nitrogens with zero attached hydrogens (tertiary/aromatic N) is 1. The molecule has 0 aromatic carbocycles. The van der Waals surface area contributed by atoms with Crippen molar-refractivity contribution in [2.75, 3.05) is 13.1 Å². The standard InChI is InChI=1S/C9H14N3O/c1-2-8(6-10-3-1)13-9-7-11-4-5-12-9/h4,7-10,12H,1-3,6H2/t8-,9?/m1/s1. The molecule has 2 atom stereocenters. The van der Waals surface area contributed by atoms with Crippen LogP contribution in [-0.4, -0.2) is 31.6 Å². The number of rotatable bonds is 2. The SMILES string of the molecule is [C]1=CN=CC(O[C@@H]2CCCNC2)N1. The van der Waals surface area contributed by atoms with Crippen molar-refractivity contribution in [1.29, 1.82) is 0 Å². The van der Waals surface area contributed by atoms with E-state index >= 15 is 0 Å². The Labute approximate surface area is 78.1 Å². The van der Waals surface area contributed by atoms with Gasteiger partial charge in [-0.3, -0.25) is 4.99 Å². The van der Waals surface area contributed by atoms with E-state index in [4.69, 9.17) is 4.74 Å². The molecule has 1 fully saturated rings. The van der Waals surface area contributed by atoms with Crippen molar-refractivity contribution in [2.24, 2.45) is 4.99 Å². The lowest BCUT2D eigenvalue weighted by Gasteiger charge is -2.26. The molecule has 1 unspecified atom stereocenters. The first-order valence-corrected chi connectivity index (χ1v) is 4.67. The van der Waals surface area contributed by atoms with Crippen LogP contribution >= 0.6 is 0 Å². The Kier molecular flexibility index (Phi) is 2.94. The van der Waals surface area contributed by atoms with Gasteiger partial charge in [-0.25, -0.2) is 0 Å². The Morgan fingerprint density at radius 1 is 1.54 bits per heavy atom. The topological polar surface area (TPSA) is 45.6 Å². The third-order valence-electron chi connectivity index (χ3n) is 2.18. The zero-order valence-corrected chi connectivity index (χ0v) is 7.49. The molecule has 4 heteroatoms. The van der Waals surface area contributed by atoms with Crippen LogP contribution in [0.4, 0.5) is 0 Å². The van der Waals surface area contributed by atoms with Crippen LogP contribution in [0.1, 0.15) is 12.8 Å². The summed E-state index contributed by atoms with van der Waals surface area (Å²) in [6, 6.07) is 0. The van der Waals surface area contributed by atoms with Crippen molar-refractivity contribution in [3.05, 3.63) is 12.4 Å². The van der Waals surface area contributed by atoms with E-state index < -0.39 is 0 Å². The zero-order chi connectivity index (χ0) is 8.93. The highest BCUT2D eigenvalue weighted by Crippen LogP contribution is 2.07. The van der Waals surface area contributed by atoms with Crippen LogP contribution in [0.25, 0.3) is 0 Å². The maximum Gasteiger partial charge on any atom is 0.164 e. The number of aliphatic imine (C=N–C) groups is 1. The summed E-state index contributed by atoms with van der Waals surface area (Å²) in [5.41, 5.74) is 0. The molecule has 0 aromatic rings. The van der Waals surface area contributed by atoms with E-state index in [1.807, 2.05) is 0 Å². The predicted octanol–water partition coefficient (Wildman–Crippen LogP) is 0.0295. The fourth-order valence-electron chi connectivity index (χ4n) is 1.53. The van der Waals surface area contributed by atoms with Crippen LogP contribution in [0.3, 0.4) is 0 Å². The van der Waals surface area contributed by atoms with Gasteiger partial charge in [0.05, 0.1) is 24.7 Å². The van der Waals surface area contributed by atoms with E-state index in [2.05, 4.69) is 21.8 Å². The van der Waals surface area contributed by atoms with Gasteiger partial charge in [0, 0.05) is 6.54 Å². The van der Waals surface area contributed by atoms with Gasteiger partial charge < -0.3 is 15.4 Å². The average Bonchev–Trinajstić information content (AvgIpc) is 2.21. The largest absolute Gasteiger partial charge is 0.353 e. The van der Waals surface area contributed by atoms with Gasteiger partial charge in [0.2, 0.25) is 0 Å². The lowest BCUT2D eigenvalue weighted by Crippen LogP contribution is -2.42. The summed E-state index contributed by atoms with van der Waals surface area (Å²) >= 11 is 0. The molecule has 0 aromatic heterocycles. The van der Waals surface area contributed by atoms with Crippen LogP contribution in [0.2, 0.25) is 0 Å². The molecule has 2 rings (SSSR count). The Morgan fingerprint density at radius 3 is 3.23 bits per heavy atom. The van der Waals surface area contributed by atoms with E-state index in [0.29, 0.717) is 6.10 Å². The van der Waals surface area contributed by atoms with Crippen LogP contribution < -0.4 is 10.6 Å². The van der Waals surface area contributed by atoms with Crippen molar-refractivity contribution in [3.8, 4) is 0 Å². The van der Waals surface area contributed by atoms with Crippen LogP contribution in [0.5, 0.6) is 0 Å². The normalized spacial score (nSPS) is 32.9. The van der Waals surface area contributed by atoms with Gasteiger partial charge in [0.1, 0.15) is 0 Å². The molecule has 0 aliphatic carbocycles. The summed E-state index contributed by atoms with van der Waals surface area (Å²) in [5, 5.41) is 6.26. The van der Waals surface area contributed by atoms with E-state index in [-0.39, 0.29) is 6.23 Å². The average molecular weight is 180 g/mol. The summed E-state index contributed by atoms with van der Waals surface area (Å²) in [6.07, 6.45) is 8.68. The van der Waals surface area contributed by atoms with Crippen LogP contribution in [0, 0.1) is 6.20 Å². The molecule has 0 saturated carbocycles. The van der Waals surface area contributed by atoms with Gasteiger partial charge in [0.25, 0.3) is 0 Å². The van der Waals surface area contributed by atoms with E-state index in [1.165, 1.54) is 6.42 Å². The quantitative estimate of drug-likeness (QED) is 0.630. The van der Waals surface area contributed by atoms with Crippen LogP contribution in [0.15, 0.2) is 11.2 Å². The van der Waals surface area contributed by atoms with Gasteiger partial charge >= 0.3 is 0 Å². The van der Waals surface area contributed by atoms with Crippen molar-refractivity contribution < 1.29 is 4.74 Å². The molecule has 2 N–H and O–H groups in total. The first kappa shape index (κ1) is 8.72. The molecule has 2 aliphatic heterocycles. The summed E-state index contributed by atoms with van der Waals surface area (Å²) in [5.74, 6) is 0. The second-order valence-corrected chi connectivity index (χ2v) is 3.24. The molecular weight excluding hydrogens is 166 g/mol. The Balaban J connectivity index is 1.76. The van der Waals surface area contributed by atoms with Crippen molar-refractivity contribution in [3.63, 3.8) is 0 Å². The second-order valence-electron chi connectivity index (χ2n) is 3.24. The molecule has 1 radical (unpaired) electrons. The first-order chi connectivity index (χ1) is 6.45. The van der Waals surface area contributed by atoms with Crippen LogP contribution in [-0.2, 0) is 4.74 Å². The molecule has 13 heavy (non-hydrogen) atoms. The minimum absolute atomic E-state index is 0.102. The molecule has 2 heterocycles. The molecule has 0 spiro atoms. The highest BCUT2D eigenvalue weighted by atomic mass is 16.5. The van der Waals surface area contributed by atoms with Crippen molar-refractivity contribution in [1.82, 2.24) is 10.6 Å². The molecule has 1 saturated heterocycles. The number of hydrogen-bond donors (Lipinski definition) is 2. The van der Waals surface area contributed by atoms with Gasteiger partial charge in [-0.1, -0.05) is 0 Å². The zero-order valence-electron chi connectivity index (χ0n) is 7.49. The Bertz CT molecular complexity index is 209. The van der Waals surface area contributed by atoms with E-state index in [0.717, 1.165) is 19.5 Å². The fraction of sp³-hybridized carbons (Fsp3) is 0.667. The monoisotopic (exact) mass is 180 g/mol. The molecule has 2 aliphatic rings. The van der Waals surface area contributed by atoms with Gasteiger partial charge in [-0.2, -0.15) is 0 Å². The van der Waals surface area contributed by atoms with E-state index in [1.54, 1.807) is 12.4 Å². The summed E-state index contributed by atoms with van der Waals surface area (Å²) < 4.78 is 5.73.